The lowest BCUT2D eigenvalue weighted by molar-refractivity contribution is -0.189. The lowest BCUT2D eigenvalue weighted by atomic mass is 9.48. The number of ether oxygens (including phenoxy) is 1. The standard InChI is InChI=1S/C31H33NO8S/c1-29(11-10-23(35)32-24-19(33)9-8-18(25(24)36)27(37)38)21(34)13-22(41-28(39)16-6-4-3-5-7-16)31-14-17-12-20(26(29)31)40-30(17,2)15-31/h3-9,17,20,22,26,33,36H,10-15H2,1-2H3,(H,32,35)(H,37,38)/t17-,20-,22-,26-,29+,30-,31-/m0/s1. The van der Waals surface area contributed by atoms with Crippen molar-refractivity contribution in [3.63, 3.8) is 0 Å². The van der Waals surface area contributed by atoms with Crippen LogP contribution in [0.3, 0.4) is 0 Å². The Bertz CT molecular complexity index is 1460. The third-order valence-electron chi connectivity index (χ3n) is 10.2. The number of phenols is 2. The molecule has 2 aromatic rings. The molecule has 4 N–H and O–H groups in total. The molecule has 2 aromatic carbocycles. The van der Waals surface area contributed by atoms with E-state index in [0.717, 1.165) is 31.4 Å². The van der Waals surface area contributed by atoms with Crippen molar-refractivity contribution in [2.24, 2.45) is 22.7 Å². The summed E-state index contributed by atoms with van der Waals surface area (Å²) < 4.78 is 6.59. The van der Waals surface area contributed by atoms with E-state index in [0.29, 0.717) is 11.5 Å². The van der Waals surface area contributed by atoms with Crippen LogP contribution in [-0.4, -0.2) is 55.0 Å². The average molecular weight is 580 g/mol. The van der Waals surface area contributed by atoms with Crippen LogP contribution in [0.4, 0.5) is 5.69 Å². The van der Waals surface area contributed by atoms with Gasteiger partial charge < -0.3 is 25.4 Å². The summed E-state index contributed by atoms with van der Waals surface area (Å²) in [5, 5.41) is 32.0. The number of anilines is 1. The number of hydrogen-bond acceptors (Lipinski definition) is 8. The van der Waals surface area contributed by atoms with Crippen LogP contribution >= 0.6 is 11.8 Å². The second kappa shape index (κ2) is 9.59. The van der Waals surface area contributed by atoms with Gasteiger partial charge in [0.25, 0.3) is 0 Å². The minimum Gasteiger partial charge on any atom is -0.506 e. The molecule has 2 heterocycles. The molecule has 2 aliphatic heterocycles. The molecule has 0 unspecified atom stereocenters. The third-order valence-corrected chi connectivity index (χ3v) is 11.6. The van der Waals surface area contributed by atoms with E-state index in [-0.39, 0.29) is 64.1 Å². The van der Waals surface area contributed by atoms with Gasteiger partial charge in [-0.2, -0.15) is 0 Å². The fourth-order valence-corrected chi connectivity index (χ4v) is 9.77. The molecule has 7 rings (SSSR count). The number of nitrogens with one attached hydrogen (secondary N) is 1. The minimum atomic E-state index is -1.40. The maximum Gasteiger partial charge on any atom is 0.339 e. The lowest BCUT2D eigenvalue weighted by Gasteiger charge is -2.60. The van der Waals surface area contributed by atoms with Gasteiger partial charge in [-0.05, 0) is 56.1 Å². The highest BCUT2D eigenvalue weighted by atomic mass is 32.2. The Labute approximate surface area is 241 Å². The summed E-state index contributed by atoms with van der Waals surface area (Å²) in [5.74, 6) is -2.95. The molecule has 7 atom stereocenters. The van der Waals surface area contributed by atoms with Gasteiger partial charge in [0.05, 0.1) is 11.7 Å². The molecule has 3 saturated carbocycles. The highest BCUT2D eigenvalue weighted by Crippen LogP contribution is 2.74. The van der Waals surface area contributed by atoms with Gasteiger partial charge in [0, 0.05) is 35.0 Å². The van der Waals surface area contributed by atoms with E-state index in [1.54, 1.807) is 12.1 Å². The van der Waals surface area contributed by atoms with Crippen molar-refractivity contribution in [2.45, 2.75) is 69.3 Å². The zero-order valence-electron chi connectivity index (χ0n) is 22.9. The van der Waals surface area contributed by atoms with Crippen molar-refractivity contribution in [1.82, 2.24) is 0 Å². The van der Waals surface area contributed by atoms with Gasteiger partial charge in [-0.1, -0.05) is 49.0 Å². The predicted octanol–water partition coefficient (Wildman–Crippen LogP) is 5.01. The first kappa shape index (κ1) is 27.8. The zero-order chi connectivity index (χ0) is 29.3. The van der Waals surface area contributed by atoms with Gasteiger partial charge in [-0.3, -0.25) is 14.4 Å². The Morgan fingerprint density at radius 2 is 1.83 bits per heavy atom. The van der Waals surface area contributed by atoms with Crippen molar-refractivity contribution in [2.75, 3.05) is 5.32 Å². The SMILES string of the molecule is C[C@]12C[C@]34C[C@@H]1C[C@H](O2)[C@H]3[C@](C)(CCC(=O)Nc1c(O)ccc(C(=O)O)c1O)C(=O)C[C@@H]4SC(=O)c1ccccc1. The number of phenolic OH excluding ortho intramolecular Hbond substituents is 1. The molecule has 0 aromatic heterocycles. The number of hydrogen-bond donors (Lipinski definition) is 4. The molecule has 9 nitrogen and oxygen atoms in total. The van der Waals surface area contributed by atoms with Crippen LogP contribution in [0.1, 0.15) is 73.1 Å². The summed E-state index contributed by atoms with van der Waals surface area (Å²) in [6, 6.07) is 11.2. The van der Waals surface area contributed by atoms with Crippen LogP contribution in [0, 0.1) is 22.7 Å². The van der Waals surface area contributed by atoms with Gasteiger partial charge in [0.1, 0.15) is 22.8 Å². The predicted molar refractivity (Wildman–Crippen MR) is 151 cm³/mol. The number of carboxylic acid groups (broad SMARTS) is 1. The number of carboxylic acids is 1. The highest BCUT2D eigenvalue weighted by molar-refractivity contribution is 8.14. The number of amides is 1. The highest BCUT2D eigenvalue weighted by Gasteiger charge is 2.75. The number of aromatic carboxylic acids is 1. The second-order valence-electron chi connectivity index (χ2n) is 12.5. The van der Waals surface area contributed by atoms with Crippen LogP contribution in [0.15, 0.2) is 42.5 Å². The number of rotatable bonds is 7. The summed E-state index contributed by atoms with van der Waals surface area (Å²) in [7, 11) is 0. The molecule has 3 aliphatic carbocycles. The number of thioether (sulfide) groups is 1. The molecule has 4 bridgehead atoms. The number of benzene rings is 2. The van der Waals surface area contributed by atoms with Crippen molar-refractivity contribution in [3.8, 4) is 11.5 Å². The fraction of sp³-hybridized carbons (Fsp3) is 0.484. The first-order valence-electron chi connectivity index (χ1n) is 13.9. The molecule has 0 radical (unpaired) electrons. The molecule has 1 spiro atoms. The summed E-state index contributed by atoms with van der Waals surface area (Å²) in [4.78, 5) is 51.7. The number of carbonyl (C=O) groups excluding carboxylic acids is 3. The van der Waals surface area contributed by atoms with Crippen LogP contribution in [-0.2, 0) is 14.3 Å². The third kappa shape index (κ3) is 4.25. The Morgan fingerprint density at radius 1 is 1.10 bits per heavy atom. The van der Waals surface area contributed by atoms with Crippen LogP contribution in [0.2, 0.25) is 0 Å². The first-order chi connectivity index (χ1) is 19.4. The number of Topliss-reactive ketones (excluding diaryl/α,β-unsaturated/α-hetero) is 1. The molecule has 2 saturated heterocycles. The fourth-order valence-electron chi connectivity index (χ4n) is 8.45. The van der Waals surface area contributed by atoms with E-state index in [4.69, 9.17) is 4.74 Å². The summed E-state index contributed by atoms with van der Waals surface area (Å²) >= 11 is 1.27. The second-order valence-corrected chi connectivity index (χ2v) is 13.7. The van der Waals surface area contributed by atoms with Crippen molar-refractivity contribution >= 4 is 40.2 Å². The molecule has 1 amide bonds. The number of aromatic hydroxyl groups is 2. The minimum absolute atomic E-state index is 0.000378. The van der Waals surface area contributed by atoms with Crippen LogP contribution in [0.25, 0.3) is 0 Å². The summed E-state index contributed by atoms with van der Waals surface area (Å²) in [5.41, 5.74) is -1.65. The van der Waals surface area contributed by atoms with E-state index >= 15 is 0 Å². The van der Waals surface area contributed by atoms with E-state index in [1.165, 1.54) is 11.8 Å². The van der Waals surface area contributed by atoms with Crippen LogP contribution in [0.5, 0.6) is 11.5 Å². The van der Waals surface area contributed by atoms with Crippen molar-refractivity contribution < 1.29 is 39.2 Å². The number of ketones is 1. The molecule has 5 fully saturated rings. The number of carbonyl (C=O) groups is 4. The van der Waals surface area contributed by atoms with Crippen molar-refractivity contribution in [1.29, 1.82) is 0 Å². The smallest absolute Gasteiger partial charge is 0.339 e. The van der Waals surface area contributed by atoms with E-state index in [1.807, 2.05) is 25.1 Å². The Hall–Kier alpha value is -3.37. The molecular formula is C31H33NO8S. The average Bonchev–Trinajstić information content (AvgIpc) is 3.30. The normalized spacial score (nSPS) is 34.8. The van der Waals surface area contributed by atoms with E-state index in [2.05, 4.69) is 12.2 Å². The van der Waals surface area contributed by atoms with Gasteiger partial charge >= 0.3 is 5.97 Å². The Kier molecular flexibility index (Phi) is 6.50. The molecule has 216 valence electrons. The summed E-state index contributed by atoms with van der Waals surface area (Å²) in [6.45, 7) is 4.06. The maximum atomic E-state index is 14.0. The molecular weight excluding hydrogens is 546 g/mol. The summed E-state index contributed by atoms with van der Waals surface area (Å²) in [6.07, 6.45) is 2.73. The Balaban J connectivity index is 1.25. The van der Waals surface area contributed by atoms with Gasteiger partial charge in [0.2, 0.25) is 11.0 Å². The van der Waals surface area contributed by atoms with Crippen LogP contribution < -0.4 is 5.32 Å². The van der Waals surface area contributed by atoms with Gasteiger partial charge in [0.15, 0.2) is 5.75 Å². The monoisotopic (exact) mass is 579 g/mol. The quantitative estimate of drug-likeness (QED) is 0.332. The lowest BCUT2D eigenvalue weighted by Crippen LogP contribution is -2.63. The van der Waals surface area contributed by atoms with E-state index in [9.17, 15) is 34.5 Å². The maximum absolute atomic E-state index is 14.0. The molecule has 5 aliphatic rings. The van der Waals surface area contributed by atoms with Gasteiger partial charge in [-0.15, -0.1) is 0 Å². The van der Waals surface area contributed by atoms with Crippen molar-refractivity contribution in [3.05, 3.63) is 53.6 Å². The Morgan fingerprint density at radius 3 is 2.51 bits per heavy atom. The largest absolute Gasteiger partial charge is 0.506 e. The van der Waals surface area contributed by atoms with Gasteiger partial charge in [-0.25, -0.2) is 4.79 Å². The first-order valence-corrected chi connectivity index (χ1v) is 14.8. The zero-order valence-corrected chi connectivity index (χ0v) is 23.7. The molecule has 10 heteroatoms. The topological polar surface area (TPSA) is 150 Å². The molecule has 41 heavy (non-hydrogen) atoms. The van der Waals surface area contributed by atoms with E-state index < -0.39 is 34.4 Å².